The summed E-state index contributed by atoms with van der Waals surface area (Å²) < 4.78 is 0. The first-order valence-corrected chi connectivity index (χ1v) is 6.14. The van der Waals surface area contributed by atoms with E-state index in [2.05, 4.69) is 5.32 Å². The Hall–Kier alpha value is -1.24. The van der Waals surface area contributed by atoms with Gasteiger partial charge in [-0.25, -0.2) is 0 Å². The molecule has 0 aliphatic carbocycles. The van der Waals surface area contributed by atoms with Crippen molar-refractivity contribution in [2.75, 3.05) is 11.2 Å². The van der Waals surface area contributed by atoms with E-state index >= 15 is 0 Å². The molecule has 3 nitrogen and oxygen atoms in total. The maximum Gasteiger partial charge on any atom is 0.224 e. The van der Waals surface area contributed by atoms with Crippen LogP contribution in [0.5, 0.6) is 0 Å². The monoisotopic (exact) mass is 270 g/mol. The molecule has 0 radical (unpaired) electrons. The number of hydrogen-bond acceptors (Lipinski definition) is 2. The second-order valence-electron chi connectivity index (χ2n) is 3.50. The van der Waals surface area contributed by atoms with E-state index in [9.17, 15) is 4.79 Å². The van der Waals surface area contributed by atoms with E-state index in [0.29, 0.717) is 28.6 Å². The first-order valence-electron chi connectivity index (χ1n) is 5.23. The third-order valence-corrected chi connectivity index (χ3v) is 2.74. The number of carbonyl (C=O) groups excluding carboxylic acids is 1. The number of anilines is 1. The molecule has 0 spiro atoms. The van der Waals surface area contributed by atoms with Crippen LogP contribution in [0.4, 0.5) is 5.69 Å². The Balaban J connectivity index is 2.57. The van der Waals surface area contributed by atoms with Crippen molar-refractivity contribution in [2.45, 2.75) is 19.3 Å². The lowest BCUT2D eigenvalue weighted by Crippen LogP contribution is -2.11. The van der Waals surface area contributed by atoms with Crippen molar-refractivity contribution in [3.63, 3.8) is 0 Å². The molecule has 0 aliphatic rings. The summed E-state index contributed by atoms with van der Waals surface area (Å²) in [6.45, 7) is 0. The predicted octanol–water partition coefficient (Wildman–Crippen LogP) is 3.56. The molecule has 0 heterocycles. The molecular weight excluding hydrogens is 259 g/mol. The molecule has 1 aromatic carbocycles. The van der Waals surface area contributed by atoms with E-state index in [-0.39, 0.29) is 5.91 Å². The molecule has 0 unspecified atom stereocenters. The number of rotatable bonds is 5. The maximum absolute atomic E-state index is 11.5. The molecule has 0 atom stereocenters. The molecule has 1 rings (SSSR count). The molecular formula is C12H12Cl2N2O. The summed E-state index contributed by atoms with van der Waals surface area (Å²) in [5.74, 6) is 0.465. The number of unbranched alkanes of at least 4 members (excludes halogenated alkanes) is 1. The number of alkyl halides is 1. The van der Waals surface area contributed by atoms with Gasteiger partial charge in [-0.3, -0.25) is 4.79 Å². The van der Waals surface area contributed by atoms with E-state index in [1.165, 1.54) is 6.07 Å². The minimum atomic E-state index is -0.0956. The van der Waals surface area contributed by atoms with Crippen LogP contribution in [-0.4, -0.2) is 11.8 Å². The van der Waals surface area contributed by atoms with Crippen LogP contribution in [0, 0.1) is 11.3 Å². The van der Waals surface area contributed by atoms with Crippen LogP contribution in [0.1, 0.15) is 24.8 Å². The average molecular weight is 271 g/mol. The predicted molar refractivity (Wildman–Crippen MR) is 69.4 cm³/mol. The SMILES string of the molecule is N#Cc1ccc(NC(=O)CCCCCl)c(Cl)c1. The van der Waals surface area contributed by atoms with Crippen LogP contribution in [0.3, 0.4) is 0 Å². The first kappa shape index (κ1) is 13.8. The number of nitriles is 1. The zero-order valence-corrected chi connectivity index (χ0v) is 10.7. The maximum atomic E-state index is 11.5. The van der Waals surface area contributed by atoms with Crippen LogP contribution in [0.2, 0.25) is 5.02 Å². The van der Waals surface area contributed by atoms with Gasteiger partial charge in [0.15, 0.2) is 0 Å². The van der Waals surface area contributed by atoms with Crippen molar-refractivity contribution < 1.29 is 4.79 Å². The lowest BCUT2D eigenvalue weighted by atomic mass is 10.2. The van der Waals surface area contributed by atoms with Gasteiger partial charge in [0.1, 0.15) is 0 Å². The van der Waals surface area contributed by atoms with Gasteiger partial charge in [-0.05, 0) is 31.0 Å². The fraction of sp³-hybridized carbons (Fsp3) is 0.333. The summed E-state index contributed by atoms with van der Waals surface area (Å²) in [5.41, 5.74) is 0.997. The third-order valence-electron chi connectivity index (χ3n) is 2.16. The Bertz CT molecular complexity index is 441. The highest BCUT2D eigenvalue weighted by Gasteiger charge is 2.06. The molecule has 1 aromatic rings. The molecule has 0 bridgehead atoms. The topological polar surface area (TPSA) is 52.9 Å². The second kappa shape index (κ2) is 7.16. The van der Waals surface area contributed by atoms with Crippen molar-refractivity contribution in [3.05, 3.63) is 28.8 Å². The van der Waals surface area contributed by atoms with Crippen LogP contribution in [-0.2, 0) is 4.79 Å². The molecule has 0 aliphatic heterocycles. The van der Waals surface area contributed by atoms with Crippen molar-refractivity contribution in [1.82, 2.24) is 0 Å². The van der Waals surface area contributed by atoms with Crippen LogP contribution in [0.15, 0.2) is 18.2 Å². The summed E-state index contributed by atoms with van der Waals surface area (Å²) in [4.78, 5) is 11.5. The molecule has 5 heteroatoms. The van der Waals surface area contributed by atoms with Gasteiger partial charge in [0.25, 0.3) is 0 Å². The van der Waals surface area contributed by atoms with Gasteiger partial charge < -0.3 is 5.32 Å². The number of nitrogens with one attached hydrogen (secondary N) is 1. The van der Waals surface area contributed by atoms with E-state index < -0.39 is 0 Å². The minimum Gasteiger partial charge on any atom is -0.325 e. The molecule has 0 fully saturated rings. The number of nitrogens with zero attached hydrogens (tertiary/aromatic N) is 1. The van der Waals surface area contributed by atoms with E-state index in [1.54, 1.807) is 12.1 Å². The normalized spacial score (nSPS) is 9.71. The standard InChI is InChI=1S/C12H12Cl2N2O/c13-6-2-1-3-12(17)16-11-5-4-9(8-15)7-10(11)14/h4-5,7H,1-3,6H2,(H,16,17). The number of hydrogen-bond donors (Lipinski definition) is 1. The largest absolute Gasteiger partial charge is 0.325 e. The zero-order valence-electron chi connectivity index (χ0n) is 9.17. The van der Waals surface area contributed by atoms with Crippen molar-refractivity contribution in [2.24, 2.45) is 0 Å². The van der Waals surface area contributed by atoms with Crippen molar-refractivity contribution >= 4 is 34.8 Å². The number of halogens is 2. The first-order chi connectivity index (χ1) is 8.17. The molecule has 90 valence electrons. The minimum absolute atomic E-state index is 0.0956. The van der Waals surface area contributed by atoms with Crippen LogP contribution >= 0.6 is 23.2 Å². The lowest BCUT2D eigenvalue weighted by Gasteiger charge is -2.06. The third kappa shape index (κ3) is 4.64. The van der Waals surface area contributed by atoms with Gasteiger partial charge in [-0.2, -0.15) is 5.26 Å². The number of carbonyl (C=O) groups is 1. The van der Waals surface area contributed by atoms with Crippen molar-refractivity contribution in [1.29, 1.82) is 5.26 Å². The highest BCUT2D eigenvalue weighted by Crippen LogP contribution is 2.23. The highest BCUT2D eigenvalue weighted by atomic mass is 35.5. The van der Waals surface area contributed by atoms with Gasteiger partial charge >= 0.3 is 0 Å². The summed E-state index contributed by atoms with van der Waals surface area (Å²) in [6, 6.07) is 6.74. The molecule has 0 aromatic heterocycles. The molecule has 0 saturated carbocycles. The van der Waals surface area contributed by atoms with Gasteiger partial charge in [-0.15, -0.1) is 11.6 Å². The van der Waals surface area contributed by atoms with E-state index in [1.807, 2.05) is 6.07 Å². The Kier molecular flexibility index (Phi) is 5.82. The van der Waals surface area contributed by atoms with Crippen molar-refractivity contribution in [3.8, 4) is 6.07 Å². The Labute approximate surface area is 110 Å². The van der Waals surface area contributed by atoms with E-state index in [0.717, 1.165) is 12.8 Å². The van der Waals surface area contributed by atoms with Gasteiger partial charge in [-0.1, -0.05) is 11.6 Å². The Morgan fingerprint density at radius 2 is 2.18 bits per heavy atom. The lowest BCUT2D eigenvalue weighted by molar-refractivity contribution is -0.116. The fourth-order valence-corrected chi connectivity index (χ4v) is 1.70. The quantitative estimate of drug-likeness (QED) is 0.657. The summed E-state index contributed by atoms with van der Waals surface area (Å²) in [6.07, 6.45) is 1.99. The zero-order chi connectivity index (χ0) is 12.7. The molecule has 1 amide bonds. The summed E-state index contributed by atoms with van der Waals surface area (Å²) in [7, 11) is 0. The van der Waals surface area contributed by atoms with Crippen LogP contribution in [0.25, 0.3) is 0 Å². The number of amides is 1. The second-order valence-corrected chi connectivity index (χ2v) is 4.29. The fourth-order valence-electron chi connectivity index (χ4n) is 1.28. The Morgan fingerprint density at radius 1 is 1.41 bits per heavy atom. The molecule has 0 saturated heterocycles. The molecule has 1 N–H and O–H groups in total. The Morgan fingerprint density at radius 3 is 2.76 bits per heavy atom. The van der Waals surface area contributed by atoms with Crippen LogP contribution < -0.4 is 5.32 Å². The summed E-state index contributed by atoms with van der Waals surface area (Å²) >= 11 is 11.4. The van der Waals surface area contributed by atoms with E-state index in [4.69, 9.17) is 28.5 Å². The smallest absolute Gasteiger partial charge is 0.224 e. The number of benzene rings is 1. The average Bonchev–Trinajstić information content (AvgIpc) is 2.32. The highest BCUT2D eigenvalue weighted by molar-refractivity contribution is 6.33. The van der Waals surface area contributed by atoms with Gasteiger partial charge in [0.2, 0.25) is 5.91 Å². The molecule has 17 heavy (non-hydrogen) atoms. The van der Waals surface area contributed by atoms with Gasteiger partial charge in [0, 0.05) is 12.3 Å². The summed E-state index contributed by atoms with van der Waals surface area (Å²) in [5, 5.41) is 11.7. The van der Waals surface area contributed by atoms with Gasteiger partial charge in [0.05, 0.1) is 22.3 Å².